The van der Waals surface area contributed by atoms with Crippen LogP contribution in [0.2, 0.25) is 0 Å². The first-order valence-corrected chi connectivity index (χ1v) is 12.1. The van der Waals surface area contributed by atoms with Crippen LogP contribution < -0.4 is 10.9 Å². The Kier molecular flexibility index (Phi) is 5.05. The lowest BCUT2D eigenvalue weighted by atomic mass is 10.2. The number of rotatable bonds is 5. The molecule has 12 nitrogen and oxygen atoms in total. The SMILES string of the molecule is CC(C)n1cc(-c2nc3c4cccc(S(C)(=O)=O)c4nc(Nc4cnccnc4=O)n3n2)cn1. The zero-order chi connectivity index (χ0) is 24.0. The van der Waals surface area contributed by atoms with Crippen molar-refractivity contribution in [2.45, 2.75) is 24.8 Å². The van der Waals surface area contributed by atoms with Crippen molar-refractivity contribution < 1.29 is 8.42 Å². The second-order valence-electron chi connectivity index (χ2n) is 7.88. The maximum Gasteiger partial charge on any atom is 0.295 e. The van der Waals surface area contributed by atoms with Gasteiger partial charge in [0.1, 0.15) is 5.69 Å². The molecule has 4 aromatic heterocycles. The van der Waals surface area contributed by atoms with Crippen LogP contribution in [0.3, 0.4) is 0 Å². The number of aromatic nitrogens is 8. The molecule has 0 amide bonds. The average Bonchev–Trinajstić information content (AvgIpc) is 3.40. The minimum Gasteiger partial charge on any atom is -0.318 e. The number of sulfone groups is 1. The van der Waals surface area contributed by atoms with Gasteiger partial charge in [-0.25, -0.2) is 23.4 Å². The molecular formula is C21H19N9O3S. The molecule has 1 aromatic carbocycles. The molecule has 0 aliphatic heterocycles. The van der Waals surface area contributed by atoms with Crippen LogP contribution in [0.25, 0.3) is 27.9 Å². The Labute approximate surface area is 193 Å². The van der Waals surface area contributed by atoms with Gasteiger partial charge in [-0.1, -0.05) is 6.07 Å². The topological polar surface area (TPSA) is 150 Å². The Morgan fingerprint density at radius 3 is 2.65 bits per heavy atom. The molecule has 0 unspecified atom stereocenters. The van der Waals surface area contributed by atoms with Gasteiger partial charge in [0, 0.05) is 36.3 Å². The van der Waals surface area contributed by atoms with Crippen LogP contribution in [0.4, 0.5) is 11.6 Å². The van der Waals surface area contributed by atoms with E-state index in [1.807, 2.05) is 20.0 Å². The summed E-state index contributed by atoms with van der Waals surface area (Å²) in [5.74, 6) is 0.451. The molecule has 0 bridgehead atoms. The predicted octanol–water partition coefficient (Wildman–Crippen LogP) is 2.02. The van der Waals surface area contributed by atoms with E-state index in [9.17, 15) is 13.2 Å². The number of hydrogen-bond donors (Lipinski definition) is 1. The number of fused-ring (bicyclic) bond motifs is 3. The molecule has 4 heterocycles. The smallest absolute Gasteiger partial charge is 0.295 e. The lowest BCUT2D eigenvalue weighted by molar-refractivity contribution is 0.532. The monoisotopic (exact) mass is 477 g/mol. The van der Waals surface area contributed by atoms with E-state index in [1.54, 1.807) is 23.0 Å². The van der Waals surface area contributed by atoms with Crippen LogP contribution >= 0.6 is 0 Å². The molecule has 0 radical (unpaired) electrons. The highest BCUT2D eigenvalue weighted by atomic mass is 32.2. The van der Waals surface area contributed by atoms with Gasteiger partial charge in [0.05, 0.1) is 28.4 Å². The average molecular weight is 478 g/mol. The summed E-state index contributed by atoms with van der Waals surface area (Å²) in [6.07, 6.45) is 8.54. The van der Waals surface area contributed by atoms with E-state index in [0.717, 1.165) is 6.26 Å². The number of hydrogen-bond acceptors (Lipinski definition) is 10. The number of nitrogens with one attached hydrogen (secondary N) is 1. The third-order valence-corrected chi connectivity index (χ3v) is 6.21. The number of anilines is 2. The summed E-state index contributed by atoms with van der Waals surface area (Å²) in [6.45, 7) is 4.00. The Hall–Kier alpha value is -4.26. The molecule has 0 spiro atoms. The van der Waals surface area contributed by atoms with Crippen LogP contribution in [0.5, 0.6) is 0 Å². The van der Waals surface area contributed by atoms with E-state index in [1.165, 1.54) is 29.2 Å². The van der Waals surface area contributed by atoms with Crippen LogP contribution in [-0.2, 0) is 9.84 Å². The largest absolute Gasteiger partial charge is 0.318 e. The van der Waals surface area contributed by atoms with E-state index >= 15 is 0 Å². The number of para-hydroxylation sites is 1. The Balaban J connectivity index is 1.81. The van der Waals surface area contributed by atoms with Crippen molar-refractivity contribution in [1.29, 1.82) is 0 Å². The van der Waals surface area contributed by atoms with Crippen LogP contribution in [0.15, 0.2) is 58.9 Å². The van der Waals surface area contributed by atoms with Crippen molar-refractivity contribution >= 4 is 38.0 Å². The molecule has 0 saturated carbocycles. The standard InChI is InChI=1S/C21H19N9O3S/c1-12(2)29-11-13(9-24-29)18-27-19-14-5-4-6-16(34(3,32)33)17(14)26-21(30(19)28-18)25-15-10-22-7-8-23-20(15)31/h4-12H,1-3H3,(H,23,25,26,31). The van der Waals surface area contributed by atoms with Gasteiger partial charge >= 0.3 is 0 Å². The van der Waals surface area contributed by atoms with Gasteiger partial charge in [0.25, 0.3) is 5.56 Å². The van der Waals surface area contributed by atoms with E-state index < -0.39 is 15.4 Å². The molecule has 0 aliphatic rings. The molecule has 34 heavy (non-hydrogen) atoms. The highest BCUT2D eigenvalue weighted by molar-refractivity contribution is 7.91. The van der Waals surface area contributed by atoms with Gasteiger partial charge < -0.3 is 5.32 Å². The first-order chi connectivity index (χ1) is 16.2. The Bertz CT molecular complexity index is 1730. The molecule has 13 heteroatoms. The normalized spacial score (nSPS) is 12.0. The molecule has 0 saturated heterocycles. The summed E-state index contributed by atoms with van der Waals surface area (Å²) in [4.78, 5) is 29.3. The molecule has 5 aromatic rings. The third kappa shape index (κ3) is 3.75. The van der Waals surface area contributed by atoms with Gasteiger partial charge in [0.2, 0.25) is 5.95 Å². The molecular weight excluding hydrogens is 458 g/mol. The van der Waals surface area contributed by atoms with E-state index in [0.29, 0.717) is 22.4 Å². The molecule has 0 aliphatic carbocycles. The number of benzene rings is 1. The van der Waals surface area contributed by atoms with Crippen LogP contribution in [0.1, 0.15) is 19.9 Å². The van der Waals surface area contributed by atoms with Crippen molar-refractivity contribution in [1.82, 2.24) is 39.3 Å². The second-order valence-corrected chi connectivity index (χ2v) is 9.87. The van der Waals surface area contributed by atoms with Crippen molar-refractivity contribution in [2.75, 3.05) is 11.6 Å². The molecule has 0 atom stereocenters. The highest BCUT2D eigenvalue weighted by Gasteiger charge is 2.21. The summed E-state index contributed by atoms with van der Waals surface area (Å²) >= 11 is 0. The van der Waals surface area contributed by atoms with E-state index in [4.69, 9.17) is 0 Å². The fourth-order valence-corrected chi connectivity index (χ4v) is 4.26. The van der Waals surface area contributed by atoms with Crippen LogP contribution in [0, 0.1) is 0 Å². The van der Waals surface area contributed by atoms with Crippen LogP contribution in [-0.4, -0.2) is 54.0 Å². The fraction of sp³-hybridized carbons (Fsp3) is 0.190. The number of nitrogens with zero attached hydrogens (tertiary/aromatic N) is 8. The maximum atomic E-state index is 12.5. The third-order valence-electron chi connectivity index (χ3n) is 5.08. The van der Waals surface area contributed by atoms with Gasteiger partial charge in [-0.05, 0) is 26.0 Å². The summed E-state index contributed by atoms with van der Waals surface area (Å²) in [5, 5.41) is 12.3. The Morgan fingerprint density at radius 2 is 1.91 bits per heavy atom. The lowest BCUT2D eigenvalue weighted by Crippen LogP contribution is -2.12. The highest BCUT2D eigenvalue weighted by Crippen LogP contribution is 2.29. The fourth-order valence-electron chi connectivity index (χ4n) is 3.43. The summed E-state index contributed by atoms with van der Waals surface area (Å²) in [5.41, 5.74) is 0.710. The first-order valence-electron chi connectivity index (χ1n) is 10.2. The van der Waals surface area contributed by atoms with Crippen molar-refractivity contribution in [2.24, 2.45) is 0 Å². The molecule has 5 rings (SSSR count). The molecule has 0 fully saturated rings. The van der Waals surface area contributed by atoms with Crippen molar-refractivity contribution in [3.63, 3.8) is 0 Å². The minimum atomic E-state index is -3.61. The molecule has 1 N–H and O–H groups in total. The van der Waals surface area contributed by atoms with E-state index in [2.05, 4.69) is 35.5 Å². The van der Waals surface area contributed by atoms with Gasteiger partial charge in [-0.2, -0.15) is 9.61 Å². The Morgan fingerprint density at radius 1 is 1.09 bits per heavy atom. The van der Waals surface area contributed by atoms with Gasteiger partial charge in [0.15, 0.2) is 21.3 Å². The maximum absolute atomic E-state index is 12.5. The second kappa shape index (κ2) is 7.95. The van der Waals surface area contributed by atoms with E-state index in [-0.39, 0.29) is 28.1 Å². The molecule has 172 valence electrons. The quantitative estimate of drug-likeness (QED) is 0.398. The first kappa shape index (κ1) is 21.6. The lowest BCUT2D eigenvalue weighted by Gasteiger charge is -2.09. The summed E-state index contributed by atoms with van der Waals surface area (Å²) in [7, 11) is -3.61. The minimum absolute atomic E-state index is 0.0324. The summed E-state index contributed by atoms with van der Waals surface area (Å²) < 4.78 is 28.1. The van der Waals surface area contributed by atoms with Gasteiger partial charge in [-0.3, -0.25) is 14.5 Å². The zero-order valence-corrected chi connectivity index (χ0v) is 19.2. The summed E-state index contributed by atoms with van der Waals surface area (Å²) in [6, 6.07) is 4.97. The zero-order valence-electron chi connectivity index (χ0n) is 18.4. The van der Waals surface area contributed by atoms with Crippen molar-refractivity contribution in [3.8, 4) is 11.4 Å². The van der Waals surface area contributed by atoms with Crippen molar-refractivity contribution in [3.05, 3.63) is 59.5 Å². The van der Waals surface area contributed by atoms with Gasteiger partial charge in [-0.15, -0.1) is 5.10 Å². The predicted molar refractivity (Wildman–Crippen MR) is 125 cm³/mol.